The van der Waals surface area contributed by atoms with E-state index in [0.29, 0.717) is 36.8 Å². The van der Waals surface area contributed by atoms with E-state index >= 15 is 0 Å². The number of fused-ring (bicyclic) bond motifs is 6. The lowest BCUT2D eigenvalue weighted by atomic mass is 9.65. The Balaban J connectivity index is 1.32. The van der Waals surface area contributed by atoms with Gasteiger partial charge in [-0.15, -0.1) is 0 Å². The SMILES string of the molecule is CO[C@@H]1[C@H]2CCCC(C2)S(=O)(=O)NC(=O)c2ccc3c(c2)N(C[C@@H]2CC[C@H]21)C[C@@]1(CCCc2cc(Cl)ccc21)CO3. The Kier molecular flexibility index (Phi) is 7.02. The molecule has 1 unspecified atom stereocenters. The first-order valence-corrected chi connectivity index (χ1v) is 17.1. The molecule has 1 N–H and O–H groups in total. The van der Waals surface area contributed by atoms with Gasteiger partial charge >= 0.3 is 0 Å². The molecule has 2 aromatic rings. The third kappa shape index (κ3) is 4.84. The average Bonchev–Trinajstić information content (AvgIpc) is 3.10. The van der Waals surface area contributed by atoms with Gasteiger partial charge in [0.1, 0.15) is 5.75 Å². The van der Waals surface area contributed by atoms with Gasteiger partial charge in [-0.05, 0) is 111 Å². The number of nitrogens with zero attached hydrogens (tertiary/aromatic N) is 1. The third-order valence-electron chi connectivity index (χ3n) is 10.7. The summed E-state index contributed by atoms with van der Waals surface area (Å²) >= 11 is 6.41. The summed E-state index contributed by atoms with van der Waals surface area (Å²) in [7, 11) is -2.04. The Morgan fingerprint density at radius 3 is 2.76 bits per heavy atom. The van der Waals surface area contributed by atoms with Crippen molar-refractivity contribution in [3.05, 3.63) is 58.1 Å². The van der Waals surface area contributed by atoms with Gasteiger partial charge in [-0.1, -0.05) is 24.1 Å². The first-order chi connectivity index (χ1) is 19.8. The van der Waals surface area contributed by atoms with E-state index in [9.17, 15) is 13.2 Å². The molecule has 7 nitrogen and oxygen atoms in total. The average molecular weight is 599 g/mol. The number of aryl methyl sites for hydroxylation is 1. The summed E-state index contributed by atoms with van der Waals surface area (Å²) in [4.78, 5) is 15.8. The molecule has 5 aliphatic rings. The van der Waals surface area contributed by atoms with E-state index in [1.54, 1.807) is 13.2 Å². The molecule has 9 heteroatoms. The van der Waals surface area contributed by atoms with Crippen molar-refractivity contribution in [3.8, 4) is 5.75 Å². The number of methoxy groups -OCH3 is 1. The van der Waals surface area contributed by atoms with Crippen LogP contribution in [-0.2, 0) is 26.6 Å². The van der Waals surface area contributed by atoms with Gasteiger partial charge in [0.2, 0.25) is 10.0 Å². The quantitative estimate of drug-likeness (QED) is 0.468. The van der Waals surface area contributed by atoms with Crippen LogP contribution in [-0.4, -0.2) is 52.5 Å². The molecule has 4 bridgehead atoms. The predicted octanol–water partition coefficient (Wildman–Crippen LogP) is 5.49. The summed E-state index contributed by atoms with van der Waals surface area (Å²) < 4.78 is 42.0. The van der Waals surface area contributed by atoms with Crippen LogP contribution in [0.25, 0.3) is 0 Å². The van der Waals surface area contributed by atoms with Gasteiger partial charge < -0.3 is 14.4 Å². The molecule has 2 saturated carbocycles. The molecule has 2 fully saturated rings. The zero-order valence-corrected chi connectivity index (χ0v) is 25.2. The van der Waals surface area contributed by atoms with E-state index in [2.05, 4.69) is 21.8 Å². The van der Waals surface area contributed by atoms with Crippen LogP contribution >= 0.6 is 11.6 Å². The monoisotopic (exact) mass is 598 g/mol. The minimum Gasteiger partial charge on any atom is -0.490 e. The van der Waals surface area contributed by atoms with Crippen LogP contribution in [0.2, 0.25) is 5.02 Å². The molecule has 220 valence electrons. The van der Waals surface area contributed by atoms with E-state index in [1.807, 2.05) is 18.2 Å². The molecule has 6 atom stereocenters. The lowest BCUT2D eigenvalue weighted by molar-refractivity contribution is -0.0589. The van der Waals surface area contributed by atoms with Crippen LogP contribution in [0.5, 0.6) is 5.75 Å². The fourth-order valence-electron chi connectivity index (χ4n) is 8.54. The highest BCUT2D eigenvalue weighted by Gasteiger charge is 2.47. The van der Waals surface area contributed by atoms with Crippen molar-refractivity contribution in [1.82, 2.24) is 4.72 Å². The molecular weight excluding hydrogens is 560 g/mol. The van der Waals surface area contributed by atoms with Crippen molar-refractivity contribution >= 4 is 33.2 Å². The molecule has 1 amide bonds. The lowest BCUT2D eigenvalue weighted by Crippen LogP contribution is -2.51. The number of ether oxygens (including phenoxy) is 2. The van der Waals surface area contributed by atoms with Crippen molar-refractivity contribution in [3.63, 3.8) is 0 Å². The molecule has 0 aromatic heterocycles. The fourth-order valence-corrected chi connectivity index (χ4v) is 10.3. The zero-order valence-electron chi connectivity index (χ0n) is 23.6. The number of carbonyl (C=O) groups excluding carboxylic acids is 1. The summed E-state index contributed by atoms with van der Waals surface area (Å²) in [6, 6.07) is 11.6. The number of hydrogen-bond acceptors (Lipinski definition) is 6. The molecule has 3 aliphatic carbocycles. The van der Waals surface area contributed by atoms with E-state index in [0.717, 1.165) is 74.5 Å². The fraction of sp³-hybridized carbons (Fsp3) is 0.594. The summed E-state index contributed by atoms with van der Waals surface area (Å²) in [5.74, 6) is 1.14. The van der Waals surface area contributed by atoms with Crippen molar-refractivity contribution in [2.24, 2.45) is 17.8 Å². The molecule has 7 rings (SSSR count). The van der Waals surface area contributed by atoms with Crippen LogP contribution in [0.15, 0.2) is 36.4 Å². The Morgan fingerprint density at radius 2 is 1.95 bits per heavy atom. The number of nitrogens with one attached hydrogen (secondary N) is 1. The smallest absolute Gasteiger partial charge is 0.264 e. The number of hydrogen-bond donors (Lipinski definition) is 1. The number of amides is 1. The van der Waals surface area contributed by atoms with Crippen LogP contribution < -0.4 is 14.4 Å². The lowest BCUT2D eigenvalue weighted by Gasteiger charge is -2.48. The number of sulfonamides is 1. The van der Waals surface area contributed by atoms with Gasteiger partial charge in [0, 0.05) is 36.2 Å². The summed E-state index contributed by atoms with van der Waals surface area (Å²) in [6.07, 6.45) is 8.21. The minimum absolute atomic E-state index is 0.0194. The predicted molar refractivity (Wildman–Crippen MR) is 159 cm³/mol. The van der Waals surface area contributed by atoms with E-state index in [1.165, 1.54) is 11.1 Å². The van der Waals surface area contributed by atoms with E-state index < -0.39 is 21.2 Å². The number of anilines is 1. The second-order valence-electron chi connectivity index (χ2n) is 13.0. The largest absolute Gasteiger partial charge is 0.490 e. The summed E-state index contributed by atoms with van der Waals surface area (Å²) in [5.41, 5.74) is 3.60. The highest BCUT2D eigenvalue weighted by Crippen LogP contribution is 2.48. The zero-order chi connectivity index (χ0) is 28.4. The maximum atomic E-state index is 13.4. The highest BCUT2D eigenvalue weighted by molar-refractivity contribution is 7.90. The Bertz CT molecular complexity index is 1460. The number of halogens is 1. The Morgan fingerprint density at radius 1 is 1.07 bits per heavy atom. The normalized spacial score (nSPS) is 34.1. The first kappa shape index (κ1) is 27.5. The Labute approximate surface area is 248 Å². The summed E-state index contributed by atoms with van der Waals surface area (Å²) in [5, 5.41) is 0.181. The topological polar surface area (TPSA) is 84.9 Å². The van der Waals surface area contributed by atoms with E-state index in [4.69, 9.17) is 21.1 Å². The van der Waals surface area contributed by atoms with Crippen LogP contribution in [0.3, 0.4) is 0 Å². The molecule has 0 radical (unpaired) electrons. The standard InChI is InChI=1S/C32H39ClN2O5S/c1-39-30-21-4-2-6-25(15-21)41(37,38)34-31(36)22-8-12-29-28(16-22)35(17-23-7-10-26(23)30)18-32(19-40-29)13-3-5-20-14-24(33)9-11-27(20)32/h8-9,11-12,14,16,21,23,25-26,30H,2-7,10,13,15,17-19H2,1H3,(H,34,36)/t21-,23-,25?,26+,30+,32-/m0/s1. The molecule has 2 heterocycles. The highest BCUT2D eigenvalue weighted by atomic mass is 35.5. The summed E-state index contributed by atoms with van der Waals surface area (Å²) in [6.45, 7) is 2.17. The van der Waals surface area contributed by atoms with Gasteiger partial charge in [0.25, 0.3) is 5.91 Å². The molecule has 0 saturated heterocycles. The number of carbonyl (C=O) groups is 1. The van der Waals surface area contributed by atoms with Crippen LogP contribution in [0, 0.1) is 17.8 Å². The third-order valence-corrected chi connectivity index (χ3v) is 12.7. The second kappa shape index (κ2) is 10.5. The second-order valence-corrected chi connectivity index (χ2v) is 15.4. The van der Waals surface area contributed by atoms with Gasteiger partial charge in [0.05, 0.1) is 23.6 Å². The van der Waals surface area contributed by atoms with Crippen LogP contribution in [0.1, 0.15) is 72.9 Å². The molecule has 41 heavy (non-hydrogen) atoms. The van der Waals surface area contributed by atoms with Gasteiger partial charge in [0.15, 0.2) is 0 Å². The maximum absolute atomic E-state index is 13.4. The molecule has 2 aliphatic heterocycles. The number of benzene rings is 2. The van der Waals surface area contributed by atoms with Gasteiger partial charge in [-0.3, -0.25) is 4.79 Å². The molecule has 2 aromatic carbocycles. The van der Waals surface area contributed by atoms with Crippen LogP contribution in [0.4, 0.5) is 5.69 Å². The molecule has 1 spiro atoms. The Hall–Kier alpha value is -2.29. The number of rotatable bonds is 1. The maximum Gasteiger partial charge on any atom is 0.264 e. The minimum atomic E-state index is -3.82. The van der Waals surface area contributed by atoms with Crippen molar-refractivity contribution in [1.29, 1.82) is 0 Å². The van der Waals surface area contributed by atoms with Gasteiger partial charge in [-0.2, -0.15) is 0 Å². The van der Waals surface area contributed by atoms with Crippen molar-refractivity contribution in [2.45, 2.75) is 74.6 Å². The van der Waals surface area contributed by atoms with Crippen molar-refractivity contribution in [2.75, 3.05) is 31.7 Å². The van der Waals surface area contributed by atoms with Gasteiger partial charge in [-0.25, -0.2) is 13.1 Å². The van der Waals surface area contributed by atoms with E-state index in [-0.39, 0.29) is 17.4 Å². The van der Waals surface area contributed by atoms with Crippen molar-refractivity contribution < 1.29 is 22.7 Å². The molecular formula is C32H39ClN2O5S. The first-order valence-electron chi connectivity index (χ1n) is 15.2.